The highest BCUT2D eigenvalue weighted by molar-refractivity contribution is 7.99. The lowest BCUT2D eigenvalue weighted by Crippen LogP contribution is -2.32. The average molecular weight is 450 g/mol. The van der Waals surface area contributed by atoms with Crippen molar-refractivity contribution < 1.29 is 4.79 Å². The Morgan fingerprint density at radius 1 is 1.06 bits per heavy atom. The van der Waals surface area contributed by atoms with Gasteiger partial charge < -0.3 is 4.90 Å². The van der Waals surface area contributed by atoms with E-state index in [9.17, 15) is 9.59 Å². The van der Waals surface area contributed by atoms with Crippen molar-refractivity contribution in [1.29, 1.82) is 0 Å². The molecule has 0 radical (unpaired) electrons. The SMILES string of the molecule is CCN(C(=O)CSc1nc2sc(C)c(C)c2c(=O)n1-c1ccccc1)c1ccccc1. The van der Waals surface area contributed by atoms with Crippen molar-refractivity contribution in [3.05, 3.63) is 81.5 Å². The van der Waals surface area contributed by atoms with Crippen LogP contribution in [-0.4, -0.2) is 27.8 Å². The molecule has 0 aliphatic heterocycles. The number of aromatic nitrogens is 2. The zero-order valence-electron chi connectivity index (χ0n) is 17.7. The summed E-state index contributed by atoms with van der Waals surface area (Å²) in [6.07, 6.45) is 0. The summed E-state index contributed by atoms with van der Waals surface area (Å²) in [5.74, 6) is 0.169. The van der Waals surface area contributed by atoms with E-state index < -0.39 is 0 Å². The van der Waals surface area contributed by atoms with E-state index in [2.05, 4.69) is 0 Å². The van der Waals surface area contributed by atoms with Crippen LogP contribution < -0.4 is 10.5 Å². The first-order valence-electron chi connectivity index (χ1n) is 10.1. The summed E-state index contributed by atoms with van der Waals surface area (Å²) < 4.78 is 1.62. The van der Waals surface area contributed by atoms with Gasteiger partial charge in [-0.2, -0.15) is 0 Å². The summed E-state index contributed by atoms with van der Waals surface area (Å²) in [5.41, 5.74) is 2.49. The van der Waals surface area contributed by atoms with Gasteiger partial charge in [0.15, 0.2) is 5.16 Å². The predicted molar refractivity (Wildman–Crippen MR) is 130 cm³/mol. The van der Waals surface area contributed by atoms with E-state index in [1.54, 1.807) is 9.47 Å². The van der Waals surface area contributed by atoms with Crippen LogP contribution in [-0.2, 0) is 4.79 Å². The minimum absolute atomic E-state index is 0.0220. The van der Waals surface area contributed by atoms with Gasteiger partial charge in [0, 0.05) is 17.1 Å². The molecule has 4 rings (SSSR count). The molecule has 0 N–H and O–H groups in total. The molecular formula is C24H23N3O2S2. The quantitative estimate of drug-likeness (QED) is 0.300. The number of para-hydroxylation sites is 2. The van der Waals surface area contributed by atoms with Gasteiger partial charge >= 0.3 is 0 Å². The minimum atomic E-state index is -0.0941. The van der Waals surface area contributed by atoms with Crippen molar-refractivity contribution in [1.82, 2.24) is 9.55 Å². The van der Waals surface area contributed by atoms with Crippen LogP contribution in [0.4, 0.5) is 5.69 Å². The zero-order chi connectivity index (χ0) is 22.0. The number of thioether (sulfide) groups is 1. The summed E-state index contributed by atoms with van der Waals surface area (Å²) in [6, 6.07) is 19.1. The van der Waals surface area contributed by atoms with Gasteiger partial charge in [0.05, 0.1) is 16.8 Å². The minimum Gasteiger partial charge on any atom is -0.312 e. The Hall–Kier alpha value is -2.90. The number of nitrogens with zero attached hydrogens (tertiary/aromatic N) is 3. The van der Waals surface area contributed by atoms with Crippen LogP contribution >= 0.6 is 23.1 Å². The van der Waals surface area contributed by atoms with Gasteiger partial charge in [0.1, 0.15) is 4.83 Å². The Balaban J connectivity index is 1.73. The summed E-state index contributed by atoms with van der Waals surface area (Å²) >= 11 is 2.82. The number of hydrogen-bond donors (Lipinski definition) is 0. The fourth-order valence-electron chi connectivity index (χ4n) is 3.49. The van der Waals surface area contributed by atoms with Crippen molar-refractivity contribution in [2.45, 2.75) is 25.9 Å². The molecule has 0 aliphatic rings. The van der Waals surface area contributed by atoms with Gasteiger partial charge in [-0.25, -0.2) is 4.98 Å². The highest BCUT2D eigenvalue weighted by atomic mass is 32.2. The third-order valence-corrected chi connectivity index (χ3v) is 7.22. The Kier molecular flexibility index (Phi) is 6.25. The number of aryl methyl sites for hydroxylation is 2. The van der Waals surface area contributed by atoms with Gasteiger partial charge in [0.2, 0.25) is 5.91 Å². The predicted octanol–water partition coefficient (Wildman–Crippen LogP) is 5.21. The number of fused-ring (bicyclic) bond motifs is 1. The van der Waals surface area contributed by atoms with E-state index in [-0.39, 0.29) is 17.2 Å². The third kappa shape index (κ3) is 4.16. The second-order valence-electron chi connectivity index (χ2n) is 7.10. The normalized spacial score (nSPS) is 11.1. The molecule has 5 nitrogen and oxygen atoms in total. The lowest BCUT2D eigenvalue weighted by Gasteiger charge is -2.21. The van der Waals surface area contributed by atoms with Crippen molar-refractivity contribution in [3.63, 3.8) is 0 Å². The first-order valence-corrected chi connectivity index (χ1v) is 11.9. The summed E-state index contributed by atoms with van der Waals surface area (Å²) in [4.78, 5) is 34.8. The van der Waals surface area contributed by atoms with Crippen LogP contribution in [0.1, 0.15) is 17.4 Å². The lowest BCUT2D eigenvalue weighted by atomic mass is 10.2. The largest absolute Gasteiger partial charge is 0.312 e. The molecule has 2 heterocycles. The number of rotatable bonds is 6. The summed E-state index contributed by atoms with van der Waals surface area (Å²) in [7, 11) is 0. The van der Waals surface area contributed by atoms with Crippen LogP contribution in [0.15, 0.2) is 70.6 Å². The number of carbonyl (C=O) groups excluding carboxylic acids is 1. The molecule has 4 aromatic rings. The van der Waals surface area contributed by atoms with Crippen molar-refractivity contribution >= 4 is 44.9 Å². The van der Waals surface area contributed by atoms with Crippen LogP contribution in [0.3, 0.4) is 0 Å². The number of thiophene rings is 1. The molecule has 7 heteroatoms. The van der Waals surface area contributed by atoms with E-state index in [1.165, 1.54) is 23.1 Å². The maximum absolute atomic E-state index is 13.5. The molecule has 0 spiro atoms. The first-order chi connectivity index (χ1) is 15.0. The number of hydrogen-bond acceptors (Lipinski definition) is 5. The molecule has 0 bridgehead atoms. The molecule has 0 aliphatic carbocycles. The molecule has 31 heavy (non-hydrogen) atoms. The Labute approximate surface area is 189 Å². The highest BCUT2D eigenvalue weighted by Gasteiger charge is 2.20. The lowest BCUT2D eigenvalue weighted by molar-refractivity contribution is -0.116. The molecule has 0 saturated heterocycles. The monoisotopic (exact) mass is 449 g/mol. The molecule has 0 unspecified atom stereocenters. The van der Waals surface area contributed by atoms with E-state index in [4.69, 9.17) is 4.98 Å². The van der Waals surface area contributed by atoms with E-state index in [0.29, 0.717) is 17.1 Å². The topological polar surface area (TPSA) is 55.2 Å². The van der Waals surface area contributed by atoms with E-state index in [0.717, 1.165) is 26.6 Å². The first kappa shape index (κ1) is 21.3. The number of amides is 1. The molecule has 0 saturated carbocycles. The summed E-state index contributed by atoms with van der Waals surface area (Å²) in [5, 5.41) is 1.18. The van der Waals surface area contributed by atoms with Gasteiger partial charge in [-0.3, -0.25) is 14.2 Å². The average Bonchev–Trinajstić information content (AvgIpc) is 3.07. The highest BCUT2D eigenvalue weighted by Crippen LogP contribution is 2.30. The number of benzene rings is 2. The summed E-state index contributed by atoms with van der Waals surface area (Å²) in [6.45, 7) is 6.49. The fourth-order valence-corrected chi connectivity index (χ4v) is 5.45. The second kappa shape index (κ2) is 9.08. The maximum atomic E-state index is 13.5. The van der Waals surface area contributed by atoms with Crippen molar-refractivity contribution in [2.24, 2.45) is 0 Å². The van der Waals surface area contributed by atoms with E-state index in [1.807, 2.05) is 81.4 Å². The van der Waals surface area contributed by atoms with Gasteiger partial charge in [-0.1, -0.05) is 48.2 Å². The van der Waals surface area contributed by atoms with Crippen LogP contribution in [0.5, 0.6) is 0 Å². The van der Waals surface area contributed by atoms with Gasteiger partial charge in [0.25, 0.3) is 5.56 Å². The number of anilines is 1. The standard InChI is InChI=1S/C24H23N3O2S2/c1-4-26(18-11-7-5-8-12-18)20(28)15-30-24-25-22-21(16(2)17(3)31-22)23(29)27(24)19-13-9-6-10-14-19/h5-14H,4,15H2,1-3H3. The third-order valence-electron chi connectivity index (χ3n) is 5.20. The molecule has 1 amide bonds. The Bertz CT molecular complexity index is 1280. The molecule has 2 aromatic heterocycles. The van der Waals surface area contributed by atoms with Crippen LogP contribution in [0.25, 0.3) is 15.9 Å². The van der Waals surface area contributed by atoms with Crippen molar-refractivity contribution in [2.75, 3.05) is 17.2 Å². The second-order valence-corrected chi connectivity index (χ2v) is 9.24. The van der Waals surface area contributed by atoms with E-state index >= 15 is 0 Å². The Morgan fingerprint density at radius 3 is 2.35 bits per heavy atom. The molecule has 158 valence electrons. The van der Waals surface area contributed by atoms with Crippen LogP contribution in [0.2, 0.25) is 0 Å². The molecule has 0 atom stereocenters. The zero-order valence-corrected chi connectivity index (χ0v) is 19.3. The molecular weight excluding hydrogens is 426 g/mol. The van der Waals surface area contributed by atoms with Gasteiger partial charge in [-0.15, -0.1) is 11.3 Å². The van der Waals surface area contributed by atoms with Crippen molar-refractivity contribution in [3.8, 4) is 5.69 Å². The van der Waals surface area contributed by atoms with Gasteiger partial charge in [-0.05, 0) is 50.6 Å². The van der Waals surface area contributed by atoms with Crippen LogP contribution in [0, 0.1) is 13.8 Å². The molecule has 0 fully saturated rings. The Morgan fingerprint density at radius 2 is 1.71 bits per heavy atom. The fraction of sp³-hybridized carbons (Fsp3) is 0.208. The maximum Gasteiger partial charge on any atom is 0.267 e. The smallest absolute Gasteiger partial charge is 0.267 e. The molecule has 2 aromatic carbocycles. The number of carbonyl (C=O) groups is 1.